The first-order valence-corrected chi connectivity index (χ1v) is 11.6. The standard InChI is InChI=1S/C22H30N4O2S/c1-15(2)21-24-18-8-7-17(14-19(18)29-21)23-22(28)26-11-9-25(10-12-26)20(27)13-16-5-3-4-6-16/h7-8,14-16H,3-6,9-13H2,1-2H3,(H,23,28). The molecule has 0 unspecified atom stereocenters. The summed E-state index contributed by atoms with van der Waals surface area (Å²) >= 11 is 1.68. The van der Waals surface area contributed by atoms with Crippen molar-refractivity contribution in [3.63, 3.8) is 0 Å². The maximum Gasteiger partial charge on any atom is 0.321 e. The van der Waals surface area contributed by atoms with Crippen LogP contribution in [-0.2, 0) is 4.79 Å². The van der Waals surface area contributed by atoms with Gasteiger partial charge in [0.1, 0.15) is 0 Å². The quantitative estimate of drug-likeness (QED) is 0.790. The van der Waals surface area contributed by atoms with E-state index in [0.29, 0.717) is 44.4 Å². The Bertz CT molecular complexity index is 880. The van der Waals surface area contributed by atoms with E-state index in [9.17, 15) is 9.59 Å². The lowest BCUT2D eigenvalue weighted by molar-refractivity contribution is -0.133. The monoisotopic (exact) mass is 414 g/mol. The minimum Gasteiger partial charge on any atom is -0.339 e. The molecular formula is C22H30N4O2S. The van der Waals surface area contributed by atoms with Gasteiger partial charge in [-0.3, -0.25) is 4.79 Å². The number of amides is 3. The van der Waals surface area contributed by atoms with Crippen LogP contribution in [0, 0.1) is 5.92 Å². The summed E-state index contributed by atoms with van der Waals surface area (Å²) in [6.07, 6.45) is 5.59. The number of carbonyl (C=O) groups excluding carboxylic acids is 2. The average Bonchev–Trinajstić information content (AvgIpc) is 3.37. The minimum atomic E-state index is -0.0964. The van der Waals surface area contributed by atoms with Gasteiger partial charge < -0.3 is 15.1 Å². The fourth-order valence-corrected chi connectivity index (χ4v) is 5.23. The third-order valence-corrected chi connectivity index (χ3v) is 7.33. The van der Waals surface area contributed by atoms with Crippen molar-refractivity contribution in [1.29, 1.82) is 0 Å². The molecule has 1 saturated carbocycles. The molecule has 2 fully saturated rings. The van der Waals surface area contributed by atoms with Gasteiger partial charge in [-0.25, -0.2) is 9.78 Å². The zero-order valence-electron chi connectivity index (χ0n) is 17.3. The molecule has 0 radical (unpaired) electrons. The van der Waals surface area contributed by atoms with Gasteiger partial charge in [-0.1, -0.05) is 26.7 Å². The zero-order valence-corrected chi connectivity index (χ0v) is 18.1. The Hall–Kier alpha value is -2.15. The summed E-state index contributed by atoms with van der Waals surface area (Å²) in [4.78, 5) is 33.5. The summed E-state index contributed by atoms with van der Waals surface area (Å²) in [6.45, 7) is 6.71. The van der Waals surface area contributed by atoms with E-state index in [0.717, 1.165) is 20.9 Å². The molecule has 1 N–H and O–H groups in total. The van der Waals surface area contributed by atoms with E-state index in [1.807, 2.05) is 23.1 Å². The number of hydrogen-bond donors (Lipinski definition) is 1. The van der Waals surface area contributed by atoms with Gasteiger partial charge in [-0.15, -0.1) is 11.3 Å². The third-order valence-electron chi connectivity index (χ3n) is 6.01. The van der Waals surface area contributed by atoms with Crippen LogP contribution in [-0.4, -0.2) is 52.9 Å². The topological polar surface area (TPSA) is 65.5 Å². The van der Waals surface area contributed by atoms with E-state index >= 15 is 0 Å². The molecule has 0 spiro atoms. The maximum absolute atomic E-state index is 12.7. The average molecular weight is 415 g/mol. The lowest BCUT2D eigenvalue weighted by Gasteiger charge is -2.35. The van der Waals surface area contributed by atoms with Crippen molar-refractivity contribution in [2.24, 2.45) is 5.92 Å². The van der Waals surface area contributed by atoms with Crippen molar-refractivity contribution in [2.75, 3.05) is 31.5 Å². The Morgan fingerprint density at radius 1 is 1.14 bits per heavy atom. The summed E-state index contributed by atoms with van der Waals surface area (Å²) in [7, 11) is 0. The molecule has 6 nitrogen and oxygen atoms in total. The van der Waals surface area contributed by atoms with E-state index in [4.69, 9.17) is 0 Å². The van der Waals surface area contributed by atoms with Crippen LogP contribution in [0.3, 0.4) is 0 Å². The van der Waals surface area contributed by atoms with Crippen molar-refractivity contribution in [1.82, 2.24) is 14.8 Å². The van der Waals surface area contributed by atoms with E-state index < -0.39 is 0 Å². The van der Waals surface area contributed by atoms with Crippen LogP contribution in [0.2, 0.25) is 0 Å². The second-order valence-electron chi connectivity index (χ2n) is 8.54. The van der Waals surface area contributed by atoms with Crippen molar-refractivity contribution < 1.29 is 9.59 Å². The molecular weight excluding hydrogens is 384 g/mol. The number of piperazine rings is 1. The van der Waals surface area contributed by atoms with Crippen LogP contribution >= 0.6 is 11.3 Å². The summed E-state index contributed by atoms with van der Waals surface area (Å²) in [5, 5.41) is 4.12. The number of anilines is 1. The van der Waals surface area contributed by atoms with Gasteiger partial charge in [0, 0.05) is 44.2 Å². The molecule has 1 saturated heterocycles. The summed E-state index contributed by atoms with van der Waals surface area (Å²) in [5.74, 6) is 1.23. The number of thiazole rings is 1. The summed E-state index contributed by atoms with van der Waals surface area (Å²) in [5.41, 5.74) is 1.77. The minimum absolute atomic E-state index is 0.0964. The zero-order chi connectivity index (χ0) is 20.4. The number of urea groups is 1. The van der Waals surface area contributed by atoms with Gasteiger partial charge in [0.25, 0.3) is 0 Å². The molecule has 2 aromatic rings. The van der Waals surface area contributed by atoms with Gasteiger partial charge >= 0.3 is 6.03 Å². The number of nitrogens with zero attached hydrogens (tertiary/aromatic N) is 3. The molecule has 7 heteroatoms. The fraction of sp³-hybridized carbons (Fsp3) is 0.591. The highest BCUT2D eigenvalue weighted by molar-refractivity contribution is 7.18. The SMILES string of the molecule is CC(C)c1nc2ccc(NC(=O)N3CCN(C(=O)CC4CCCC4)CC3)cc2s1. The normalized spacial score (nSPS) is 18.0. The van der Waals surface area contributed by atoms with Gasteiger partial charge in [0.2, 0.25) is 5.91 Å². The largest absolute Gasteiger partial charge is 0.339 e. The molecule has 4 rings (SSSR count). The number of fused-ring (bicyclic) bond motifs is 1. The molecule has 1 aliphatic heterocycles. The maximum atomic E-state index is 12.7. The lowest BCUT2D eigenvalue weighted by Crippen LogP contribution is -2.51. The van der Waals surface area contributed by atoms with Crippen LogP contribution in [0.1, 0.15) is 56.9 Å². The summed E-state index contributed by atoms with van der Waals surface area (Å²) in [6, 6.07) is 5.78. The van der Waals surface area contributed by atoms with Crippen LogP contribution in [0.25, 0.3) is 10.2 Å². The molecule has 2 heterocycles. The molecule has 1 aromatic heterocycles. The first kappa shape index (κ1) is 20.1. The number of hydrogen-bond acceptors (Lipinski definition) is 4. The van der Waals surface area contributed by atoms with Gasteiger partial charge in [0.05, 0.1) is 15.2 Å². The fourth-order valence-electron chi connectivity index (χ4n) is 4.22. The molecule has 0 bridgehead atoms. The number of aromatic nitrogens is 1. The Morgan fingerprint density at radius 2 is 1.83 bits per heavy atom. The number of rotatable bonds is 4. The van der Waals surface area contributed by atoms with E-state index in [1.54, 1.807) is 16.2 Å². The first-order chi connectivity index (χ1) is 14.0. The van der Waals surface area contributed by atoms with Crippen molar-refractivity contribution in [3.8, 4) is 0 Å². The van der Waals surface area contributed by atoms with Crippen LogP contribution in [0.4, 0.5) is 10.5 Å². The Morgan fingerprint density at radius 3 is 2.52 bits per heavy atom. The highest BCUT2D eigenvalue weighted by atomic mass is 32.1. The van der Waals surface area contributed by atoms with Crippen molar-refractivity contribution in [3.05, 3.63) is 23.2 Å². The molecule has 156 valence electrons. The van der Waals surface area contributed by atoms with Crippen LogP contribution in [0.5, 0.6) is 0 Å². The predicted octanol–water partition coefficient (Wildman–Crippen LogP) is 4.68. The smallest absolute Gasteiger partial charge is 0.321 e. The number of benzene rings is 1. The van der Waals surface area contributed by atoms with Gasteiger partial charge in [-0.05, 0) is 37.0 Å². The Kier molecular flexibility index (Phi) is 6.04. The molecule has 0 atom stereocenters. The lowest BCUT2D eigenvalue weighted by atomic mass is 10.0. The second-order valence-corrected chi connectivity index (χ2v) is 9.60. The van der Waals surface area contributed by atoms with Crippen molar-refractivity contribution in [2.45, 2.75) is 51.9 Å². The molecule has 1 aliphatic carbocycles. The predicted molar refractivity (Wildman–Crippen MR) is 117 cm³/mol. The molecule has 3 amide bonds. The second kappa shape index (κ2) is 8.69. The van der Waals surface area contributed by atoms with Crippen LogP contribution in [0.15, 0.2) is 18.2 Å². The van der Waals surface area contributed by atoms with E-state index in [-0.39, 0.29) is 11.9 Å². The van der Waals surface area contributed by atoms with Crippen molar-refractivity contribution >= 4 is 39.2 Å². The number of carbonyl (C=O) groups is 2. The summed E-state index contributed by atoms with van der Waals surface area (Å²) < 4.78 is 1.09. The first-order valence-electron chi connectivity index (χ1n) is 10.7. The highest BCUT2D eigenvalue weighted by Gasteiger charge is 2.27. The number of nitrogens with one attached hydrogen (secondary N) is 1. The Labute approximate surface area is 176 Å². The Balaban J connectivity index is 1.30. The van der Waals surface area contributed by atoms with Gasteiger partial charge in [-0.2, -0.15) is 0 Å². The molecule has 29 heavy (non-hydrogen) atoms. The van der Waals surface area contributed by atoms with Crippen LogP contribution < -0.4 is 5.32 Å². The van der Waals surface area contributed by atoms with E-state index in [1.165, 1.54) is 25.7 Å². The molecule has 1 aromatic carbocycles. The molecule has 2 aliphatic rings. The third kappa shape index (κ3) is 4.71. The van der Waals surface area contributed by atoms with E-state index in [2.05, 4.69) is 24.1 Å². The highest BCUT2D eigenvalue weighted by Crippen LogP contribution is 2.30. The van der Waals surface area contributed by atoms with Gasteiger partial charge in [0.15, 0.2) is 0 Å².